The second kappa shape index (κ2) is 6.37. The quantitative estimate of drug-likeness (QED) is 0.498. The molecule has 0 aromatic heterocycles. The second-order valence-corrected chi connectivity index (χ2v) is 3.32. The number of carbonyl (C=O) groups is 2. The van der Waals surface area contributed by atoms with Gasteiger partial charge in [0.15, 0.2) is 0 Å². The third kappa shape index (κ3) is 4.81. The molecule has 5 nitrogen and oxygen atoms in total. The van der Waals surface area contributed by atoms with Gasteiger partial charge < -0.3 is 15.0 Å². The summed E-state index contributed by atoms with van der Waals surface area (Å²) in [6, 6.07) is 0.421. The predicted molar refractivity (Wildman–Crippen MR) is 52.8 cm³/mol. The molecule has 0 aliphatic rings. The summed E-state index contributed by atoms with van der Waals surface area (Å²) in [6.45, 7) is 5.27. The number of rotatable bonds is 4. The van der Waals surface area contributed by atoms with Crippen molar-refractivity contribution >= 4 is 11.9 Å². The molecule has 0 aliphatic heterocycles. The van der Waals surface area contributed by atoms with Crippen molar-refractivity contribution in [2.45, 2.75) is 19.9 Å². The maximum atomic E-state index is 10.9. The molecule has 0 fully saturated rings. The van der Waals surface area contributed by atoms with Crippen LogP contribution in [-0.4, -0.2) is 50.1 Å². The lowest BCUT2D eigenvalue weighted by Gasteiger charge is -2.20. The number of esters is 1. The Balaban J connectivity index is 3.64. The molecule has 0 bridgehead atoms. The number of amides is 1. The molecule has 0 aliphatic carbocycles. The molecule has 5 heteroatoms. The minimum absolute atomic E-state index is 0.421. The summed E-state index contributed by atoms with van der Waals surface area (Å²) in [6.07, 6.45) is 0. The molecule has 0 radical (unpaired) electrons. The lowest BCUT2D eigenvalue weighted by molar-refractivity contribution is -0.152. The van der Waals surface area contributed by atoms with Gasteiger partial charge in [-0.15, -0.1) is 0 Å². The van der Waals surface area contributed by atoms with Crippen LogP contribution in [0.4, 0.5) is 0 Å². The molecule has 14 heavy (non-hydrogen) atoms. The number of likely N-dealkylation sites (N-methyl/N-ethyl adjacent to an activating group) is 1. The van der Waals surface area contributed by atoms with E-state index in [-0.39, 0.29) is 0 Å². The maximum absolute atomic E-state index is 10.9. The van der Waals surface area contributed by atoms with Gasteiger partial charge in [0.1, 0.15) is 0 Å². The van der Waals surface area contributed by atoms with Crippen LogP contribution in [0, 0.1) is 0 Å². The van der Waals surface area contributed by atoms with Gasteiger partial charge in [-0.05, 0) is 20.9 Å². The fourth-order valence-corrected chi connectivity index (χ4v) is 0.769. The summed E-state index contributed by atoms with van der Waals surface area (Å²) in [5.41, 5.74) is 0. The lowest BCUT2D eigenvalue weighted by Crippen LogP contribution is -2.39. The highest BCUT2D eigenvalue weighted by molar-refractivity contribution is 6.32. The number of nitrogens with one attached hydrogen (secondary N) is 1. The summed E-state index contributed by atoms with van der Waals surface area (Å²) < 4.78 is 4.25. The van der Waals surface area contributed by atoms with Crippen LogP contribution in [0.2, 0.25) is 0 Å². The van der Waals surface area contributed by atoms with Crippen molar-refractivity contribution in [3.63, 3.8) is 0 Å². The van der Waals surface area contributed by atoms with Gasteiger partial charge in [0.2, 0.25) is 0 Å². The third-order valence-electron chi connectivity index (χ3n) is 2.00. The number of nitrogens with zero attached hydrogens (tertiary/aromatic N) is 1. The Labute approximate surface area is 84.4 Å². The van der Waals surface area contributed by atoms with E-state index in [9.17, 15) is 9.59 Å². The van der Waals surface area contributed by atoms with E-state index >= 15 is 0 Å². The van der Waals surface area contributed by atoms with E-state index in [2.05, 4.69) is 28.8 Å². The Kier molecular flexibility index (Phi) is 5.87. The molecular formula is C9H18N2O3. The molecule has 0 heterocycles. The summed E-state index contributed by atoms with van der Waals surface area (Å²) in [5.74, 6) is -1.54. The van der Waals surface area contributed by atoms with Crippen molar-refractivity contribution in [2.75, 3.05) is 27.2 Å². The van der Waals surface area contributed by atoms with Crippen LogP contribution in [-0.2, 0) is 14.3 Å². The van der Waals surface area contributed by atoms with Crippen LogP contribution in [0.3, 0.4) is 0 Å². The Morgan fingerprint density at radius 3 is 2.43 bits per heavy atom. The first-order valence-electron chi connectivity index (χ1n) is 4.55. The van der Waals surface area contributed by atoms with Crippen LogP contribution >= 0.6 is 0 Å². The second-order valence-electron chi connectivity index (χ2n) is 3.32. The highest BCUT2D eigenvalue weighted by Gasteiger charge is 2.12. The van der Waals surface area contributed by atoms with Crippen LogP contribution in [0.5, 0.6) is 0 Å². The van der Waals surface area contributed by atoms with Gasteiger partial charge in [-0.1, -0.05) is 0 Å². The third-order valence-corrected chi connectivity index (χ3v) is 2.00. The van der Waals surface area contributed by atoms with Crippen LogP contribution in [0.15, 0.2) is 0 Å². The molecule has 1 amide bonds. The molecule has 1 N–H and O–H groups in total. The van der Waals surface area contributed by atoms with E-state index in [0.29, 0.717) is 19.1 Å². The Bertz CT molecular complexity index is 204. The topological polar surface area (TPSA) is 58.6 Å². The molecule has 0 unspecified atom stereocenters. The number of hydrogen-bond acceptors (Lipinski definition) is 4. The molecule has 0 aromatic rings. The molecule has 0 spiro atoms. The van der Waals surface area contributed by atoms with Crippen molar-refractivity contribution in [3.05, 3.63) is 0 Å². The molecule has 0 atom stereocenters. The Hall–Kier alpha value is -1.10. The lowest BCUT2D eigenvalue weighted by atomic mass is 10.3. The number of methoxy groups -OCH3 is 1. The van der Waals surface area contributed by atoms with E-state index in [1.54, 1.807) is 0 Å². The minimum Gasteiger partial charge on any atom is -0.462 e. The molecule has 0 saturated heterocycles. The molecule has 0 aromatic carbocycles. The summed E-state index contributed by atoms with van der Waals surface area (Å²) in [7, 11) is 3.14. The van der Waals surface area contributed by atoms with E-state index in [1.807, 2.05) is 7.05 Å². The first kappa shape index (κ1) is 12.9. The zero-order valence-electron chi connectivity index (χ0n) is 9.16. The van der Waals surface area contributed by atoms with Gasteiger partial charge >= 0.3 is 11.9 Å². The van der Waals surface area contributed by atoms with Gasteiger partial charge in [0, 0.05) is 19.1 Å². The summed E-state index contributed by atoms with van der Waals surface area (Å²) in [5, 5.41) is 2.46. The van der Waals surface area contributed by atoms with Crippen LogP contribution < -0.4 is 5.32 Å². The maximum Gasteiger partial charge on any atom is 0.396 e. The zero-order chi connectivity index (χ0) is 11.1. The molecule has 0 saturated carbocycles. The van der Waals surface area contributed by atoms with Crippen molar-refractivity contribution in [3.8, 4) is 0 Å². The predicted octanol–water partition coefficient (Wildman–Crippen LogP) is -0.384. The smallest absolute Gasteiger partial charge is 0.396 e. The first-order chi connectivity index (χ1) is 6.49. The molecule has 82 valence electrons. The van der Waals surface area contributed by atoms with Gasteiger partial charge in [0.25, 0.3) is 0 Å². The Morgan fingerprint density at radius 2 is 2.00 bits per heavy atom. The number of hydrogen-bond donors (Lipinski definition) is 1. The average molecular weight is 202 g/mol. The van der Waals surface area contributed by atoms with Crippen molar-refractivity contribution in [2.24, 2.45) is 0 Å². The zero-order valence-corrected chi connectivity index (χ0v) is 9.16. The van der Waals surface area contributed by atoms with Crippen LogP contribution in [0.25, 0.3) is 0 Å². The Morgan fingerprint density at radius 1 is 1.43 bits per heavy atom. The largest absolute Gasteiger partial charge is 0.462 e. The normalized spacial score (nSPS) is 10.4. The summed E-state index contributed by atoms with van der Waals surface area (Å²) >= 11 is 0. The molecular weight excluding hydrogens is 184 g/mol. The van der Waals surface area contributed by atoms with E-state index in [4.69, 9.17) is 0 Å². The summed E-state index contributed by atoms with van der Waals surface area (Å²) in [4.78, 5) is 23.7. The monoisotopic (exact) mass is 202 g/mol. The molecule has 0 rings (SSSR count). The van der Waals surface area contributed by atoms with Gasteiger partial charge in [-0.3, -0.25) is 4.79 Å². The fourth-order valence-electron chi connectivity index (χ4n) is 0.769. The standard InChI is InChI=1S/C9H18N2O3/c1-7(2)11(3)6-5-10-8(12)9(13)14-4/h7H,5-6H2,1-4H3,(H,10,12). The van der Waals surface area contributed by atoms with Gasteiger partial charge in [-0.2, -0.15) is 0 Å². The SMILES string of the molecule is COC(=O)C(=O)NCCN(C)C(C)C. The van der Waals surface area contributed by atoms with Crippen molar-refractivity contribution < 1.29 is 14.3 Å². The fraction of sp³-hybridized carbons (Fsp3) is 0.778. The van der Waals surface area contributed by atoms with E-state index in [0.717, 1.165) is 0 Å². The minimum atomic E-state index is -0.850. The number of carbonyl (C=O) groups excluding carboxylic acids is 2. The average Bonchev–Trinajstić information content (AvgIpc) is 2.15. The van der Waals surface area contributed by atoms with Gasteiger partial charge in [0.05, 0.1) is 7.11 Å². The highest BCUT2D eigenvalue weighted by atomic mass is 16.5. The van der Waals surface area contributed by atoms with Crippen molar-refractivity contribution in [1.29, 1.82) is 0 Å². The highest BCUT2D eigenvalue weighted by Crippen LogP contribution is 1.90. The van der Waals surface area contributed by atoms with Crippen LogP contribution in [0.1, 0.15) is 13.8 Å². The van der Waals surface area contributed by atoms with E-state index < -0.39 is 11.9 Å². The van der Waals surface area contributed by atoms with Crippen molar-refractivity contribution in [1.82, 2.24) is 10.2 Å². The first-order valence-corrected chi connectivity index (χ1v) is 4.55. The van der Waals surface area contributed by atoms with E-state index in [1.165, 1.54) is 7.11 Å². The van der Waals surface area contributed by atoms with Gasteiger partial charge in [-0.25, -0.2) is 4.79 Å². The number of ether oxygens (including phenoxy) is 1.